The minimum absolute atomic E-state index is 0.0430. The van der Waals surface area contributed by atoms with Gasteiger partial charge in [0, 0.05) is 28.7 Å². The number of phenols is 1. The zero-order chi connectivity index (χ0) is 26.0. The zero-order valence-electron chi connectivity index (χ0n) is 21.2. The number of ketones is 2. The highest BCUT2D eigenvalue weighted by Crippen LogP contribution is 2.56. The SMILES string of the molecule is COc1ccc([C@H]2C3=CC[C@@H]4C(=O)N(C5CCCCC5)C(=O)[C@@H]4[C@@H]3CC3=C2C(=O)C=C(C)C3=O)cc1O. The van der Waals surface area contributed by atoms with Gasteiger partial charge in [-0.1, -0.05) is 37.0 Å². The second-order valence-electron chi connectivity index (χ2n) is 11.0. The van der Waals surface area contributed by atoms with E-state index in [1.54, 1.807) is 30.0 Å². The largest absolute Gasteiger partial charge is 0.504 e. The van der Waals surface area contributed by atoms with Crippen molar-refractivity contribution in [2.75, 3.05) is 7.11 Å². The fourth-order valence-corrected chi connectivity index (χ4v) is 7.37. The lowest BCUT2D eigenvalue weighted by atomic mass is 9.59. The van der Waals surface area contributed by atoms with E-state index in [4.69, 9.17) is 4.74 Å². The molecule has 192 valence electrons. The van der Waals surface area contributed by atoms with Crippen molar-refractivity contribution in [1.82, 2.24) is 4.90 Å². The van der Waals surface area contributed by atoms with Gasteiger partial charge in [0.15, 0.2) is 23.1 Å². The standard InChI is InChI=1S/C30H31NO6/c1-15-12-23(33)27-21(28(15)34)14-20-18(25(27)16-8-11-24(37-2)22(32)13-16)9-10-19-26(20)30(36)31(29(19)35)17-6-4-3-5-7-17/h8-9,11-13,17,19-20,25-26,32H,3-7,10,14H2,1-2H3/t19-,20+,25-,26-/m0/s1. The van der Waals surface area contributed by atoms with Crippen LogP contribution in [0.3, 0.4) is 0 Å². The Balaban J connectivity index is 1.46. The summed E-state index contributed by atoms with van der Waals surface area (Å²) in [4.78, 5) is 55.6. The van der Waals surface area contributed by atoms with Crippen LogP contribution in [0, 0.1) is 17.8 Å². The molecule has 1 N–H and O–H groups in total. The Morgan fingerprint density at radius 3 is 2.46 bits per heavy atom. The van der Waals surface area contributed by atoms with Gasteiger partial charge in [0.25, 0.3) is 0 Å². The van der Waals surface area contributed by atoms with Crippen LogP contribution in [0.2, 0.25) is 0 Å². The monoisotopic (exact) mass is 501 g/mol. The highest BCUT2D eigenvalue weighted by molar-refractivity contribution is 6.23. The van der Waals surface area contributed by atoms with Crippen LogP contribution in [-0.2, 0) is 19.2 Å². The van der Waals surface area contributed by atoms with E-state index in [9.17, 15) is 24.3 Å². The average Bonchev–Trinajstić information content (AvgIpc) is 3.16. The first-order valence-corrected chi connectivity index (χ1v) is 13.3. The molecule has 0 bridgehead atoms. The molecule has 37 heavy (non-hydrogen) atoms. The summed E-state index contributed by atoms with van der Waals surface area (Å²) in [6.45, 7) is 1.64. The molecule has 1 saturated heterocycles. The van der Waals surface area contributed by atoms with E-state index in [0.717, 1.165) is 37.7 Å². The number of carbonyl (C=O) groups is 4. The number of nitrogens with zero attached hydrogens (tertiary/aromatic N) is 1. The summed E-state index contributed by atoms with van der Waals surface area (Å²) in [6, 6.07) is 4.97. The number of allylic oxidation sites excluding steroid dienone is 6. The molecule has 2 fully saturated rings. The second kappa shape index (κ2) is 8.82. The van der Waals surface area contributed by atoms with Gasteiger partial charge in [0.2, 0.25) is 11.8 Å². The summed E-state index contributed by atoms with van der Waals surface area (Å²) in [5.74, 6) is -2.24. The summed E-state index contributed by atoms with van der Waals surface area (Å²) in [5.41, 5.74) is 2.80. The van der Waals surface area contributed by atoms with Crippen LogP contribution in [0.5, 0.6) is 11.5 Å². The van der Waals surface area contributed by atoms with Crippen molar-refractivity contribution in [1.29, 1.82) is 0 Å². The number of Topliss-reactive ketones (excluding diaryl/α,β-unsaturated/α-hetero) is 1. The molecule has 5 aliphatic rings. The van der Waals surface area contributed by atoms with E-state index >= 15 is 0 Å². The second-order valence-corrected chi connectivity index (χ2v) is 11.0. The lowest BCUT2D eigenvalue weighted by Gasteiger charge is -2.42. The molecule has 1 saturated carbocycles. The molecule has 1 heterocycles. The van der Waals surface area contributed by atoms with Crippen LogP contribution in [0.15, 0.2) is 52.6 Å². The van der Waals surface area contributed by atoms with Crippen molar-refractivity contribution < 1.29 is 29.0 Å². The topological polar surface area (TPSA) is 101 Å². The van der Waals surface area contributed by atoms with E-state index in [-0.39, 0.29) is 47.5 Å². The first-order chi connectivity index (χ1) is 17.8. The van der Waals surface area contributed by atoms with Crippen LogP contribution >= 0.6 is 0 Å². The molecule has 0 aromatic heterocycles. The van der Waals surface area contributed by atoms with Gasteiger partial charge < -0.3 is 9.84 Å². The number of hydrogen-bond acceptors (Lipinski definition) is 6. The molecule has 1 aliphatic heterocycles. The van der Waals surface area contributed by atoms with Crippen molar-refractivity contribution in [2.45, 2.75) is 63.8 Å². The Bertz CT molecular complexity index is 1330. The van der Waals surface area contributed by atoms with Crippen molar-refractivity contribution in [2.24, 2.45) is 17.8 Å². The van der Waals surface area contributed by atoms with Gasteiger partial charge in [-0.15, -0.1) is 0 Å². The molecule has 0 spiro atoms. The van der Waals surface area contributed by atoms with E-state index in [1.807, 2.05) is 6.08 Å². The first kappa shape index (κ1) is 23.9. The van der Waals surface area contributed by atoms with Crippen LogP contribution in [0.25, 0.3) is 0 Å². The van der Waals surface area contributed by atoms with Gasteiger partial charge in [-0.2, -0.15) is 0 Å². The molecule has 1 aromatic carbocycles. The van der Waals surface area contributed by atoms with Gasteiger partial charge in [-0.3, -0.25) is 24.1 Å². The third-order valence-electron chi connectivity index (χ3n) is 9.07. The van der Waals surface area contributed by atoms with Crippen LogP contribution < -0.4 is 4.74 Å². The number of aromatic hydroxyl groups is 1. The molecule has 0 unspecified atom stereocenters. The number of methoxy groups -OCH3 is 1. The number of ether oxygens (including phenoxy) is 1. The lowest BCUT2D eigenvalue weighted by Crippen LogP contribution is -2.43. The number of fused-ring (bicyclic) bond motifs is 3. The van der Waals surface area contributed by atoms with Crippen LogP contribution in [0.4, 0.5) is 0 Å². The first-order valence-electron chi connectivity index (χ1n) is 13.3. The number of hydrogen-bond donors (Lipinski definition) is 1. The molecule has 4 aliphatic carbocycles. The van der Waals surface area contributed by atoms with Crippen molar-refractivity contribution >= 4 is 23.4 Å². The number of imide groups is 1. The maximum atomic E-state index is 13.9. The molecular weight excluding hydrogens is 470 g/mol. The zero-order valence-corrected chi connectivity index (χ0v) is 21.2. The maximum Gasteiger partial charge on any atom is 0.233 e. The number of benzene rings is 1. The molecule has 2 amide bonds. The molecule has 7 heteroatoms. The molecular formula is C30H31NO6. The van der Waals surface area contributed by atoms with Gasteiger partial charge in [-0.05, 0) is 62.3 Å². The maximum absolute atomic E-state index is 13.9. The molecule has 0 radical (unpaired) electrons. The Labute approximate surface area is 215 Å². The predicted molar refractivity (Wildman–Crippen MR) is 135 cm³/mol. The van der Waals surface area contributed by atoms with Gasteiger partial charge >= 0.3 is 0 Å². The Hall–Kier alpha value is -3.48. The van der Waals surface area contributed by atoms with Crippen molar-refractivity contribution in [3.63, 3.8) is 0 Å². The van der Waals surface area contributed by atoms with E-state index in [1.165, 1.54) is 13.2 Å². The van der Waals surface area contributed by atoms with Gasteiger partial charge in [-0.25, -0.2) is 0 Å². The third-order valence-corrected chi connectivity index (χ3v) is 9.07. The summed E-state index contributed by atoms with van der Waals surface area (Å²) in [5, 5.41) is 10.6. The minimum Gasteiger partial charge on any atom is -0.504 e. The van der Waals surface area contributed by atoms with E-state index in [2.05, 4.69) is 0 Å². The molecule has 6 rings (SSSR count). The molecule has 7 nitrogen and oxygen atoms in total. The number of phenolic OH excluding ortho intramolecular Hbond substituents is 1. The smallest absolute Gasteiger partial charge is 0.233 e. The van der Waals surface area contributed by atoms with E-state index in [0.29, 0.717) is 34.5 Å². The average molecular weight is 502 g/mol. The minimum atomic E-state index is -0.570. The lowest BCUT2D eigenvalue weighted by molar-refractivity contribution is -0.143. The van der Waals surface area contributed by atoms with Gasteiger partial charge in [0.1, 0.15) is 0 Å². The van der Waals surface area contributed by atoms with Gasteiger partial charge in [0.05, 0.1) is 18.9 Å². The normalized spacial score (nSPS) is 30.1. The number of rotatable bonds is 3. The van der Waals surface area contributed by atoms with E-state index < -0.39 is 17.8 Å². The fraction of sp³-hybridized carbons (Fsp3) is 0.467. The number of carbonyl (C=O) groups excluding carboxylic acids is 4. The van der Waals surface area contributed by atoms with Crippen molar-refractivity contribution in [3.05, 3.63) is 58.2 Å². The summed E-state index contributed by atoms with van der Waals surface area (Å²) in [6.07, 6.45) is 8.97. The Morgan fingerprint density at radius 2 is 1.76 bits per heavy atom. The molecule has 4 atom stereocenters. The highest BCUT2D eigenvalue weighted by Gasteiger charge is 2.57. The molecule has 1 aromatic rings. The summed E-state index contributed by atoms with van der Waals surface area (Å²) < 4.78 is 5.21. The van der Waals surface area contributed by atoms with Crippen LogP contribution in [-0.4, -0.2) is 46.5 Å². The highest BCUT2D eigenvalue weighted by atomic mass is 16.5. The third kappa shape index (κ3) is 3.54. The quantitative estimate of drug-likeness (QED) is 0.379. The number of amides is 2. The number of likely N-dealkylation sites (tertiary alicyclic amines) is 1. The summed E-state index contributed by atoms with van der Waals surface area (Å²) >= 11 is 0. The van der Waals surface area contributed by atoms with Crippen LogP contribution in [0.1, 0.15) is 63.4 Å². The van der Waals surface area contributed by atoms with Crippen molar-refractivity contribution in [3.8, 4) is 11.5 Å². The Morgan fingerprint density at radius 1 is 1.00 bits per heavy atom. The Kier molecular flexibility index (Phi) is 5.70. The predicted octanol–water partition coefficient (Wildman–Crippen LogP) is 4.16. The summed E-state index contributed by atoms with van der Waals surface area (Å²) in [7, 11) is 1.47. The fourth-order valence-electron chi connectivity index (χ4n) is 7.37.